The first-order valence-corrected chi connectivity index (χ1v) is 11.0. The Bertz CT molecular complexity index is 740. The first kappa shape index (κ1) is 17.7. The maximum absolute atomic E-state index is 12.6. The molecule has 1 aromatic carbocycles. The zero-order chi connectivity index (χ0) is 18.8. The summed E-state index contributed by atoms with van der Waals surface area (Å²) in [5.74, 6) is 1.90. The van der Waals surface area contributed by atoms with Crippen LogP contribution in [0.4, 0.5) is 0 Å². The predicted octanol–water partition coefficient (Wildman–Crippen LogP) is 4.52. The molecule has 1 amide bonds. The van der Waals surface area contributed by atoms with Gasteiger partial charge in [0.1, 0.15) is 0 Å². The van der Waals surface area contributed by atoms with E-state index in [9.17, 15) is 9.90 Å². The van der Waals surface area contributed by atoms with E-state index in [1.54, 1.807) is 11.1 Å². The molecule has 3 aliphatic carbocycles. The Balaban J connectivity index is 1.17. The fraction of sp³-hybridized carbons (Fsp3) is 0.708. The molecule has 5 rings (SSSR count). The van der Waals surface area contributed by atoms with Gasteiger partial charge in [-0.2, -0.15) is 0 Å². The van der Waals surface area contributed by atoms with Crippen molar-refractivity contribution >= 4 is 5.91 Å². The van der Waals surface area contributed by atoms with Gasteiger partial charge in [0.25, 0.3) is 0 Å². The molecule has 0 unspecified atom stereocenters. The number of hydrogen-bond donors (Lipinski definition) is 1. The number of carbonyl (C=O) groups is 1. The second-order valence-corrected chi connectivity index (χ2v) is 10.5. The van der Waals surface area contributed by atoms with Crippen LogP contribution in [0.1, 0.15) is 86.8 Å². The Morgan fingerprint density at radius 3 is 2.07 bits per heavy atom. The summed E-state index contributed by atoms with van der Waals surface area (Å²) < 4.78 is 0. The molecule has 1 heterocycles. The van der Waals surface area contributed by atoms with Gasteiger partial charge in [-0.05, 0) is 88.2 Å². The Kier molecular flexibility index (Phi) is 3.99. The lowest BCUT2D eigenvalue weighted by Crippen LogP contribution is -2.62. The van der Waals surface area contributed by atoms with Crippen LogP contribution in [0.5, 0.6) is 0 Å². The number of carbonyl (C=O) groups excluding carboxylic acids is 1. The second kappa shape index (κ2) is 6.07. The highest BCUT2D eigenvalue weighted by molar-refractivity contribution is 5.81. The van der Waals surface area contributed by atoms with Crippen molar-refractivity contribution < 1.29 is 9.90 Å². The molecule has 0 aromatic heterocycles. The number of nitrogens with zero attached hydrogens (tertiary/aromatic N) is 1. The van der Waals surface area contributed by atoms with E-state index >= 15 is 0 Å². The molecule has 0 atom stereocenters. The number of aryl methyl sites for hydroxylation is 1. The van der Waals surface area contributed by atoms with Crippen LogP contribution in [-0.2, 0) is 4.79 Å². The fourth-order valence-corrected chi connectivity index (χ4v) is 5.96. The Morgan fingerprint density at radius 1 is 1.00 bits per heavy atom. The van der Waals surface area contributed by atoms with Crippen LogP contribution in [0, 0.1) is 18.3 Å². The van der Waals surface area contributed by atoms with Gasteiger partial charge < -0.3 is 10.0 Å². The van der Waals surface area contributed by atoms with Crippen LogP contribution in [-0.4, -0.2) is 34.6 Å². The van der Waals surface area contributed by atoms with Crippen molar-refractivity contribution in [3.8, 4) is 0 Å². The molecule has 0 radical (unpaired) electrons. The summed E-state index contributed by atoms with van der Waals surface area (Å²) in [6, 6.07) is 7.29. The highest BCUT2D eigenvalue weighted by Crippen LogP contribution is 2.50. The smallest absolute Gasteiger partial charge is 0.225 e. The fourth-order valence-electron chi connectivity index (χ4n) is 5.96. The van der Waals surface area contributed by atoms with E-state index in [1.807, 2.05) is 6.92 Å². The largest absolute Gasteiger partial charge is 0.390 e. The molecule has 4 aliphatic rings. The zero-order valence-electron chi connectivity index (χ0n) is 16.8. The van der Waals surface area contributed by atoms with E-state index in [-0.39, 0.29) is 5.92 Å². The number of amides is 1. The molecule has 3 heteroatoms. The van der Waals surface area contributed by atoms with E-state index in [4.69, 9.17) is 0 Å². The van der Waals surface area contributed by atoms with Crippen LogP contribution in [0.25, 0.3) is 0 Å². The monoisotopic (exact) mass is 367 g/mol. The predicted molar refractivity (Wildman–Crippen MR) is 107 cm³/mol. The van der Waals surface area contributed by atoms with Gasteiger partial charge in [0.05, 0.1) is 5.60 Å². The van der Waals surface area contributed by atoms with Crippen molar-refractivity contribution in [2.24, 2.45) is 11.3 Å². The van der Waals surface area contributed by atoms with E-state index in [0.717, 1.165) is 19.0 Å². The molecule has 1 aliphatic heterocycles. The van der Waals surface area contributed by atoms with Crippen LogP contribution in [0.3, 0.4) is 0 Å². The summed E-state index contributed by atoms with van der Waals surface area (Å²) in [6.45, 7) is 6.00. The van der Waals surface area contributed by atoms with Crippen molar-refractivity contribution in [3.05, 3.63) is 34.9 Å². The molecule has 1 N–H and O–H groups in total. The minimum absolute atomic E-state index is 0.0711. The van der Waals surface area contributed by atoms with Gasteiger partial charge in [-0.3, -0.25) is 4.79 Å². The van der Waals surface area contributed by atoms with Crippen LogP contribution in [0.2, 0.25) is 0 Å². The quantitative estimate of drug-likeness (QED) is 0.853. The molecule has 4 fully saturated rings. The lowest BCUT2D eigenvalue weighted by atomic mass is 9.63. The Hall–Kier alpha value is -1.35. The average Bonchev–Trinajstić information content (AvgIpc) is 3.41. The summed E-state index contributed by atoms with van der Waals surface area (Å²) in [6.07, 6.45) is 9.10. The third-order valence-electron chi connectivity index (χ3n) is 7.77. The van der Waals surface area contributed by atoms with Gasteiger partial charge >= 0.3 is 0 Å². The average molecular weight is 368 g/mol. The van der Waals surface area contributed by atoms with Crippen LogP contribution < -0.4 is 0 Å². The maximum Gasteiger partial charge on any atom is 0.225 e. The number of aliphatic hydroxyl groups is 1. The molecular formula is C24H33NO2. The van der Waals surface area contributed by atoms with Gasteiger partial charge in [0.2, 0.25) is 5.91 Å². The number of likely N-dealkylation sites (tertiary alicyclic amines) is 1. The second-order valence-electron chi connectivity index (χ2n) is 10.5. The highest BCUT2D eigenvalue weighted by atomic mass is 16.3. The van der Waals surface area contributed by atoms with Crippen molar-refractivity contribution in [2.45, 2.75) is 82.7 Å². The van der Waals surface area contributed by atoms with E-state index < -0.39 is 5.60 Å². The van der Waals surface area contributed by atoms with Crippen molar-refractivity contribution in [2.75, 3.05) is 13.1 Å². The van der Waals surface area contributed by atoms with Crippen LogP contribution >= 0.6 is 0 Å². The van der Waals surface area contributed by atoms with Crippen molar-refractivity contribution in [3.63, 3.8) is 0 Å². The minimum Gasteiger partial charge on any atom is -0.390 e. The molecule has 27 heavy (non-hydrogen) atoms. The topological polar surface area (TPSA) is 40.5 Å². The summed E-state index contributed by atoms with van der Waals surface area (Å²) in [7, 11) is 0. The first-order valence-electron chi connectivity index (χ1n) is 11.0. The molecule has 1 saturated heterocycles. The summed E-state index contributed by atoms with van der Waals surface area (Å²) in [4.78, 5) is 14.6. The molecule has 3 nitrogen and oxygen atoms in total. The summed E-state index contributed by atoms with van der Waals surface area (Å²) in [5, 5.41) is 9.89. The zero-order valence-corrected chi connectivity index (χ0v) is 16.8. The van der Waals surface area contributed by atoms with E-state index in [0.29, 0.717) is 30.1 Å². The van der Waals surface area contributed by atoms with Crippen LogP contribution in [0.15, 0.2) is 18.2 Å². The van der Waals surface area contributed by atoms with Gasteiger partial charge in [-0.15, -0.1) is 0 Å². The number of rotatable bonds is 3. The molecule has 1 aromatic rings. The summed E-state index contributed by atoms with van der Waals surface area (Å²) >= 11 is 0. The lowest BCUT2D eigenvalue weighted by molar-refractivity contribution is -0.163. The van der Waals surface area contributed by atoms with Crippen molar-refractivity contribution in [1.82, 2.24) is 4.90 Å². The molecule has 1 spiro atoms. The third-order valence-corrected chi connectivity index (χ3v) is 7.77. The Morgan fingerprint density at radius 2 is 1.56 bits per heavy atom. The van der Waals surface area contributed by atoms with E-state index in [2.05, 4.69) is 30.0 Å². The first-order chi connectivity index (χ1) is 12.8. The van der Waals surface area contributed by atoms with E-state index in [1.165, 1.54) is 44.1 Å². The number of hydrogen-bond acceptors (Lipinski definition) is 2. The molecule has 3 saturated carbocycles. The van der Waals surface area contributed by atoms with Gasteiger partial charge in [-0.25, -0.2) is 0 Å². The molecular weight excluding hydrogens is 334 g/mol. The minimum atomic E-state index is -0.603. The molecule has 0 bridgehead atoms. The normalized spacial score (nSPS) is 32.9. The lowest BCUT2D eigenvalue weighted by Gasteiger charge is -2.55. The highest BCUT2D eigenvalue weighted by Gasteiger charge is 2.51. The third kappa shape index (κ3) is 3.33. The van der Waals surface area contributed by atoms with Gasteiger partial charge in [0, 0.05) is 24.4 Å². The number of benzene rings is 1. The summed E-state index contributed by atoms with van der Waals surface area (Å²) in [5.41, 5.74) is 4.35. The van der Waals surface area contributed by atoms with Gasteiger partial charge in [0.15, 0.2) is 0 Å². The van der Waals surface area contributed by atoms with Gasteiger partial charge in [-0.1, -0.05) is 23.8 Å². The Labute approximate surface area is 163 Å². The van der Waals surface area contributed by atoms with Crippen molar-refractivity contribution in [1.29, 1.82) is 0 Å². The standard InChI is InChI=1S/C24H33NO2/c1-16-9-19(17-3-4-17)11-20(10-16)18-5-7-24(8-6-18)14-25(15-24)22(26)21-12-23(2,27)13-21/h9-11,17-18,21,27H,3-8,12-15H2,1-2H3/t21-,23+. The molecule has 146 valence electrons. The SMILES string of the molecule is Cc1cc(C2CC2)cc(C2CCC3(CC2)CN(C(=O)[C@H]2C[C@@](C)(O)C2)C3)c1. The maximum atomic E-state index is 12.6.